The zero-order chi connectivity index (χ0) is 24.3. The van der Waals surface area contributed by atoms with E-state index in [1.165, 1.54) is 23.4 Å². The maximum Gasteiger partial charge on any atom is 0.312 e. The Labute approximate surface area is 199 Å². The van der Waals surface area contributed by atoms with Crippen LogP contribution in [0.4, 0.5) is 5.69 Å². The van der Waals surface area contributed by atoms with Gasteiger partial charge < -0.3 is 15.1 Å². The molecule has 9 nitrogen and oxygen atoms in total. The minimum absolute atomic E-state index is 0.154. The lowest BCUT2D eigenvalue weighted by Gasteiger charge is -2.41. The smallest absolute Gasteiger partial charge is 0.312 e. The number of hydrogen-bond acceptors (Lipinski definition) is 5. The summed E-state index contributed by atoms with van der Waals surface area (Å²) in [6.45, 7) is 3.23. The van der Waals surface area contributed by atoms with E-state index in [9.17, 15) is 22.8 Å². The van der Waals surface area contributed by atoms with Gasteiger partial charge in [0, 0.05) is 51.4 Å². The predicted molar refractivity (Wildman–Crippen MR) is 126 cm³/mol. The number of carbonyl (C=O) groups is 3. The van der Waals surface area contributed by atoms with E-state index in [1.54, 1.807) is 21.9 Å². The van der Waals surface area contributed by atoms with Crippen LogP contribution in [0.15, 0.2) is 59.5 Å². The Hall–Kier alpha value is -3.24. The Morgan fingerprint density at radius 2 is 1.56 bits per heavy atom. The van der Waals surface area contributed by atoms with Crippen molar-refractivity contribution in [3.05, 3.63) is 60.2 Å². The van der Waals surface area contributed by atoms with Gasteiger partial charge in [-0.15, -0.1) is 0 Å². The Balaban J connectivity index is 1.35. The highest BCUT2D eigenvalue weighted by molar-refractivity contribution is 7.89. The van der Waals surface area contributed by atoms with Crippen molar-refractivity contribution >= 4 is 33.4 Å². The highest BCUT2D eigenvalue weighted by Crippen LogP contribution is 2.25. The van der Waals surface area contributed by atoms with Crippen LogP contribution in [0.3, 0.4) is 0 Å². The number of nitrogens with one attached hydrogen (secondary N) is 1. The van der Waals surface area contributed by atoms with Crippen molar-refractivity contribution in [2.75, 3.05) is 31.5 Å². The third kappa shape index (κ3) is 5.13. The molecule has 4 rings (SSSR count). The van der Waals surface area contributed by atoms with Crippen molar-refractivity contribution in [2.45, 2.75) is 37.2 Å². The summed E-state index contributed by atoms with van der Waals surface area (Å²) in [6.07, 6.45) is 0.946. The van der Waals surface area contributed by atoms with Crippen LogP contribution >= 0.6 is 0 Å². The molecule has 2 aromatic carbocycles. The highest BCUT2D eigenvalue weighted by atomic mass is 32.2. The van der Waals surface area contributed by atoms with Gasteiger partial charge in [-0.05, 0) is 42.7 Å². The van der Waals surface area contributed by atoms with Gasteiger partial charge in [0.05, 0.1) is 4.90 Å². The predicted octanol–water partition coefficient (Wildman–Crippen LogP) is 1.67. The van der Waals surface area contributed by atoms with Crippen LogP contribution in [0.2, 0.25) is 0 Å². The van der Waals surface area contributed by atoms with Gasteiger partial charge in [-0.2, -0.15) is 4.31 Å². The largest absolute Gasteiger partial charge is 0.330 e. The summed E-state index contributed by atoms with van der Waals surface area (Å²) in [5, 5.41) is 2.61. The number of hydrogen-bond donors (Lipinski definition) is 1. The van der Waals surface area contributed by atoms with Gasteiger partial charge in [-0.1, -0.05) is 30.3 Å². The summed E-state index contributed by atoms with van der Waals surface area (Å²) in [5.41, 5.74) is 1.50. The first-order valence-electron chi connectivity index (χ1n) is 11.3. The molecule has 0 radical (unpaired) electrons. The van der Waals surface area contributed by atoms with E-state index in [1.807, 2.05) is 30.3 Å². The molecule has 0 aromatic heterocycles. The molecule has 0 unspecified atom stereocenters. The van der Waals surface area contributed by atoms with E-state index in [0.29, 0.717) is 38.2 Å². The monoisotopic (exact) mass is 484 g/mol. The average molecular weight is 485 g/mol. The minimum atomic E-state index is -3.69. The van der Waals surface area contributed by atoms with E-state index in [-0.39, 0.29) is 29.9 Å². The molecule has 0 atom stereocenters. The Kier molecular flexibility index (Phi) is 6.99. The van der Waals surface area contributed by atoms with Crippen molar-refractivity contribution < 1.29 is 22.8 Å². The molecular weight excluding hydrogens is 456 g/mol. The Bertz CT molecular complexity index is 1160. The fourth-order valence-electron chi connectivity index (χ4n) is 4.45. The van der Waals surface area contributed by atoms with Gasteiger partial charge in [0.25, 0.3) is 0 Å². The summed E-state index contributed by atoms with van der Waals surface area (Å²) < 4.78 is 27.5. The molecule has 2 heterocycles. The summed E-state index contributed by atoms with van der Waals surface area (Å²) in [4.78, 5) is 40.0. The third-order valence-electron chi connectivity index (χ3n) is 6.23. The fourth-order valence-corrected chi connectivity index (χ4v) is 5.92. The molecule has 0 spiro atoms. The van der Waals surface area contributed by atoms with Gasteiger partial charge in [-0.25, -0.2) is 8.42 Å². The second kappa shape index (κ2) is 9.94. The van der Waals surface area contributed by atoms with E-state index in [0.717, 1.165) is 5.56 Å². The summed E-state index contributed by atoms with van der Waals surface area (Å²) in [6, 6.07) is 15.4. The number of piperazine rings is 1. The second-order valence-electron chi connectivity index (χ2n) is 8.55. The second-order valence-corrected chi connectivity index (χ2v) is 10.5. The molecule has 0 saturated carbocycles. The number of anilines is 1. The van der Waals surface area contributed by atoms with Crippen molar-refractivity contribution in [3.8, 4) is 0 Å². The van der Waals surface area contributed by atoms with Gasteiger partial charge in [0.2, 0.25) is 15.9 Å². The van der Waals surface area contributed by atoms with Gasteiger partial charge in [0.15, 0.2) is 0 Å². The lowest BCUT2D eigenvalue weighted by Crippen LogP contribution is -2.58. The van der Waals surface area contributed by atoms with Crippen molar-refractivity contribution in [1.29, 1.82) is 0 Å². The van der Waals surface area contributed by atoms with Crippen LogP contribution in [0.25, 0.3) is 0 Å². The molecule has 2 saturated heterocycles. The summed E-state index contributed by atoms with van der Waals surface area (Å²) in [7, 11) is -3.69. The molecule has 34 heavy (non-hydrogen) atoms. The van der Waals surface area contributed by atoms with Gasteiger partial charge >= 0.3 is 11.8 Å². The van der Waals surface area contributed by atoms with Gasteiger partial charge in [-0.3, -0.25) is 14.4 Å². The number of amides is 3. The molecule has 180 valence electrons. The number of rotatable bonds is 6. The summed E-state index contributed by atoms with van der Waals surface area (Å²) >= 11 is 0. The average Bonchev–Trinajstić information content (AvgIpc) is 2.83. The maximum atomic E-state index is 13.0. The topological polar surface area (TPSA) is 107 Å². The molecule has 0 bridgehead atoms. The SMILES string of the molecule is CC(=O)Nc1ccc(S(=O)(=O)N2CCC(N3CCN(Cc4ccccc4)C(=O)C3=O)CC2)cc1. The number of carbonyl (C=O) groups excluding carboxylic acids is 3. The Morgan fingerprint density at radius 1 is 0.912 bits per heavy atom. The van der Waals surface area contributed by atoms with Crippen LogP contribution in [0.5, 0.6) is 0 Å². The lowest BCUT2D eigenvalue weighted by atomic mass is 10.0. The molecule has 0 aliphatic carbocycles. The quantitative estimate of drug-likeness (QED) is 0.628. The molecule has 3 amide bonds. The number of benzene rings is 2. The summed E-state index contributed by atoms with van der Waals surface area (Å²) in [5.74, 6) is -1.26. The molecule has 2 aromatic rings. The van der Waals surface area contributed by atoms with Crippen molar-refractivity contribution in [1.82, 2.24) is 14.1 Å². The van der Waals surface area contributed by atoms with E-state index in [4.69, 9.17) is 0 Å². The zero-order valence-corrected chi connectivity index (χ0v) is 19.8. The van der Waals surface area contributed by atoms with E-state index >= 15 is 0 Å². The standard InChI is InChI=1S/C24H28N4O5S/c1-18(29)25-20-7-9-22(10-8-20)34(32,33)27-13-11-21(12-14-27)28-16-15-26(23(30)24(28)31)17-19-5-3-2-4-6-19/h2-10,21H,11-17H2,1H3,(H,25,29). The molecule has 2 aliphatic heterocycles. The van der Waals surface area contributed by atoms with Crippen LogP contribution in [0, 0.1) is 0 Å². The minimum Gasteiger partial charge on any atom is -0.330 e. The first-order valence-corrected chi connectivity index (χ1v) is 12.7. The van der Waals surface area contributed by atoms with Crippen molar-refractivity contribution in [3.63, 3.8) is 0 Å². The third-order valence-corrected chi connectivity index (χ3v) is 8.15. The first-order chi connectivity index (χ1) is 16.3. The normalized spacial score (nSPS) is 18.3. The number of sulfonamides is 1. The zero-order valence-electron chi connectivity index (χ0n) is 19.0. The molecular formula is C24H28N4O5S. The highest BCUT2D eigenvalue weighted by Gasteiger charge is 2.39. The molecule has 10 heteroatoms. The van der Waals surface area contributed by atoms with Crippen molar-refractivity contribution in [2.24, 2.45) is 0 Å². The molecule has 1 N–H and O–H groups in total. The maximum absolute atomic E-state index is 13.0. The molecule has 2 fully saturated rings. The van der Waals surface area contributed by atoms with E-state index < -0.39 is 21.8 Å². The molecule has 2 aliphatic rings. The van der Waals surface area contributed by atoms with Gasteiger partial charge in [0.1, 0.15) is 0 Å². The van der Waals surface area contributed by atoms with Crippen LogP contribution in [-0.4, -0.2) is 72.5 Å². The fraction of sp³-hybridized carbons (Fsp3) is 0.375. The number of nitrogens with zero attached hydrogens (tertiary/aromatic N) is 3. The van der Waals surface area contributed by atoms with Crippen LogP contribution in [-0.2, 0) is 31.0 Å². The van der Waals surface area contributed by atoms with E-state index in [2.05, 4.69) is 5.32 Å². The van der Waals surface area contributed by atoms with Crippen LogP contribution < -0.4 is 5.32 Å². The lowest BCUT2D eigenvalue weighted by molar-refractivity contribution is -0.158. The Morgan fingerprint density at radius 3 is 2.18 bits per heavy atom. The number of piperidine rings is 1. The first kappa shape index (κ1) is 23.9. The van der Waals surface area contributed by atoms with Crippen LogP contribution in [0.1, 0.15) is 25.3 Å².